The van der Waals surface area contributed by atoms with Crippen LogP contribution in [0, 0.1) is 0 Å². The van der Waals surface area contributed by atoms with E-state index in [0.717, 1.165) is 12.1 Å². The summed E-state index contributed by atoms with van der Waals surface area (Å²) in [5, 5.41) is 7.98. The summed E-state index contributed by atoms with van der Waals surface area (Å²) in [4.78, 5) is 37.7. The van der Waals surface area contributed by atoms with E-state index >= 15 is 0 Å². The Bertz CT molecular complexity index is 660. The van der Waals surface area contributed by atoms with E-state index in [2.05, 4.69) is 4.98 Å². The lowest BCUT2D eigenvalue weighted by Crippen LogP contribution is -2.47. The van der Waals surface area contributed by atoms with Crippen molar-refractivity contribution in [2.75, 3.05) is 20.8 Å². The summed E-state index contributed by atoms with van der Waals surface area (Å²) < 4.78 is 48.0. The Labute approximate surface area is 144 Å². The molecule has 0 aliphatic heterocycles. The highest BCUT2D eigenvalue weighted by molar-refractivity contribution is 6.64. The van der Waals surface area contributed by atoms with Gasteiger partial charge in [0.15, 0.2) is 6.04 Å². The van der Waals surface area contributed by atoms with Crippen LogP contribution in [0.25, 0.3) is 0 Å². The van der Waals surface area contributed by atoms with Crippen molar-refractivity contribution in [2.24, 2.45) is 0 Å². The van der Waals surface area contributed by atoms with Crippen LogP contribution in [0.15, 0.2) is 12.1 Å². The largest absolute Gasteiger partial charge is 0.481 e. The Kier molecular flexibility index (Phi) is 6.56. The molecule has 1 heterocycles. The van der Waals surface area contributed by atoms with Crippen molar-refractivity contribution < 1.29 is 42.1 Å². The Morgan fingerprint density at radius 3 is 2.04 bits per heavy atom. The normalized spacial score (nSPS) is 12.2. The number of rotatable bonds is 7. The maximum Gasteiger partial charge on any atom is 0.471 e. The molecule has 1 unspecified atom stereocenters. The van der Waals surface area contributed by atoms with Gasteiger partial charge in [-0.3, -0.25) is 9.59 Å². The molecule has 12 heteroatoms. The summed E-state index contributed by atoms with van der Waals surface area (Å²) in [6, 6.07) is -0.185. The molecule has 0 aromatic carbocycles. The second kappa shape index (κ2) is 8.01. The maximum atomic E-state index is 12.8. The first-order valence-corrected chi connectivity index (χ1v) is 6.78. The number of ether oxygens (including phenoxy) is 2. The number of methoxy groups -OCH3 is 2. The highest BCUT2D eigenvalue weighted by Crippen LogP contribution is 2.31. The molecule has 8 nitrogen and oxygen atoms in total. The molecule has 0 saturated heterocycles. The van der Waals surface area contributed by atoms with Gasteiger partial charge in [0.05, 0.1) is 20.8 Å². The standard InChI is InChI=1S/C13H12ClF3N2O6/c1-24-8-3-6(4-9(18-8)25-2)10(11(21)22)19(5-7(14)20)12(23)13(15,16)17/h3-4,10H,5H2,1-2H3,(H,21,22). The van der Waals surface area contributed by atoms with Gasteiger partial charge in [0.2, 0.25) is 17.0 Å². The highest BCUT2D eigenvalue weighted by atomic mass is 35.5. The van der Waals surface area contributed by atoms with E-state index in [1.165, 1.54) is 14.2 Å². The fourth-order valence-corrected chi connectivity index (χ4v) is 2.03. The maximum absolute atomic E-state index is 12.8. The quantitative estimate of drug-likeness (QED) is 0.708. The Balaban J connectivity index is 3.51. The molecule has 0 bridgehead atoms. The van der Waals surface area contributed by atoms with Gasteiger partial charge in [-0.25, -0.2) is 4.79 Å². The summed E-state index contributed by atoms with van der Waals surface area (Å²) in [5.74, 6) is -4.70. The topological polar surface area (TPSA) is 106 Å². The number of pyridine rings is 1. The first-order valence-electron chi connectivity index (χ1n) is 6.40. The second-order valence-electron chi connectivity index (χ2n) is 4.51. The van der Waals surface area contributed by atoms with Crippen LogP contribution in [-0.2, 0) is 14.4 Å². The monoisotopic (exact) mass is 384 g/mol. The predicted octanol–water partition coefficient (Wildman–Crippen LogP) is 1.38. The van der Waals surface area contributed by atoms with Crippen molar-refractivity contribution in [3.63, 3.8) is 0 Å². The summed E-state index contributed by atoms with van der Waals surface area (Å²) >= 11 is 5.07. The van der Waals surface area contributed by atoms with Gasteiger partial charge in [0.25, 0.3) is 0 Å². The number of hydrogen-bond donors (Lipinski definition) is 1. The van der Waals surface area contributed by atoms with Crippen LogP contribution in [-0.4, -0.2) is 59.0 Å². The molecule has 0 spiro atoms. The third kappa shape index (κ3) is 5.21. The van der Waals surface area contributed by atoms with Crippen molar-refractivity contribution in [1.29, 1.82) is 0 Å². The van der Waals surface area contributed by atoms with Gasteiger partial charge in [0.1, 0.15) is 0 Å². The molecule has 138 valence electrons. The van der Waals surface area contributed by atoms with Crippen molar-refractivity contribution in [1.82, 2.24) is 9.88 Å². The number of halogens is 4. The molecule has 1 atom stereocenters. The van der Waals surface area contributed by atoms with Crippen LogP contribution in [0.1, 0.15) is 11.6 Å². The zero-order valence-corrected chi connectivity index (χ0v) is 13.6. The number of carboxylic acid groups (broad SMARTS) is 1. The molecule has 1 amide bonds. The van der Waals surface area contributed by atoms with Crippen LogP contribution >= 0.6 is 11.6 Å². The first kappa shape index (κ1) is 20.5. The molecular weight excluding hydrogens is 373 g/mol. The van der Waals surface area contributed by atoms with Gasteiger partial charge in [-0.2, -0.15) is 18.2 Å². The number of carbonyl (C=O) groups is 3. The van der Waals surface area contributed by atoms with E-state index in [4.69, 9.17) is 21.1 Å². The minimum Gasteiger partial charge on any atom is -0.481 e. The second-order valence-corrected chi connectivity index (χ2v) is 4.93. The number of alkyl halides is 3. The number of aromatic nitrogens is 1. The molecule has 0 fully saturated rings. The van der Waals surface area contributed by atoms with Gasteiger partial charge >= 0.3 is 18.1 Å². The number of carbonyl (C=O) groups excluding carboxylic acids is 2. The van der Waals surface area contributed by atoms with Crippen LogP contribution in [0.2, 0.25) is 0 Å². The minimum atomic E-state index is -5.42. The molecule has 0 saturated carbocycles. The number of amides is 1. The molecule has 0 radical (unpaired) electrons. The zero-order valence-electron chi connectivity index (χ0n) is 12.8. The number of nitrogens with zero attached hydrogens (tertiary/aromatic N) is 2. The molecular formula is C13H12ClF3N2O6. The fraction of sp³-hybridized carbons (Fsp3) is 0.385. The summed E-state index contributed by atoms with van der Waals surface area (Å²) in [7, 11) is 2.37. The van der Waals surface area contributed by atoms with Crippen LogP contribution in [0.4, 0.5) is 13.2 Å². The van der Waals surface area contributed by atoms with Crippen LogP contribution < -0.4 is 9.47 Å². The van der Waals surface area contributed by atoms with Gasteiger partial charge in [-0.05, 0) is 17.2 Å². The lowest BCUT2D eigenvalue weighted by Gasteiger charge is -2.28. The van der Waals surface area contributed by atoms with E-state index < -0.39 is 35.9 Å². The minimum absolute atomic E-state index is 0.169. The molecule has 1 N–H and O–H groups in total. The molecule has 1 rings (SSSR count). The van der Waals surface area contributed by atoms with E-state index in [1.807, 2.05) is 0 Å². The van der Waals surface area contributed by atoms with E-state index in [1.54, 1.807) is 0 Å². The SMILES string of the molecule is COc1cc(C(C(=O)O)N(CC(=O)Cl)C(=O)C(F)(F)F)cc(OC)n1. The van der Waals surface area contributed by atoms with Crippen molar-refractivity contribution in [3.8, 4) is 11.8 Å². The fourth-order valence-electron chi connectivity index (χ4n) is 1.90. The van der Waals surface area contributed by atoms with Crippen molar-refractivity contribution in [2.45, 2.75) is 12.2 Å². The molecule has 1 aromatic heterocycles. The lowest BCUT2D eigenvalue weighted by molar-refractivity contribution is -0.190. The van der Waals surface area contributed by atoms with Gasteiger partial charge < -0.3 is 19.5 Å². The molecule has 0 aliphatic carbocycles. The van der Waals surface area contributed by atoms with E-state index in [-0.39, 0.29) is 22.2 Å². The Morgan fingerprint density at radius 1 is 1.24 bits per heavy atom. The number of carboxylic acids is 1. The summed E-state index contributed by atoms with van der Waals surface area (Å²) in [5.41, 5.74) is -0.327. The van der Waals surface area contributed by atoms with Gasteiger partial charge in [-0.15, -0.1) is 0 Å². The first-order chi connectivity index (χ1) is 11.5. The summed E-state index contributed by atoms with van der Waals surface area (Å²) in [6.45, 7) is -1.27. The van der Waals surface area contributed by atoms with Crippen molar-refractivity contribution >= 4 is 28.7 Å². The number of aliphatic carboxylic acids is 1. The lowest BCUT2D eigenvalue weighted by atomic mass is 10.1. The van der Waals surface area contributed by atoms with E-state index in [9.17, 15) is 32.7 Å². The van der Waals surface area contributed by atoms with Crippen LogP contribution in [0.5, 0.6) is 11.8 Å². The smallest absolute Gasteiger partial charge is 0.471 e. The van der Waals surface area contributed by atoms with Crippen molar-refractivity contribution in [3.05, 3.63) is 17.7 Å². The summed E-state index contributed by atoms with van der Waals surface area (Å²) in [6.07, 6.45) is -5.42. The van der Waals surface area contributed by atoms with Crippen LogP contribution in [0.3, 0.4) is 0 Å². The molecule has 25 heavy (non-hydrogen) atoms. The Hall–Kier alpha value is -2.56. The molecule has 1 aromatic rings. The van der Waals surface area contributed by atoms with Gasteiger partial charge in [0, 0.05) is 12.1 Å². The Morgan fingerprint density at radius 2 is 1.72 bits per heavy atom. The average molecular weight is 385 g/mol. The number of hydrogen-bond acceptors (Lipinski definition) is 6. The average Bonchev–Trinajstić information content (AvgIpc) is 2.51. The zero-order chi connectivity index (χ0) is 19.4. The van der Waals surface area contributed by atoms with E-state index in [0.29, 0.717) is 0 Å². The predicted molar refractivity (Wildman–Crippen MR) is 76.3 cm³/mol. The molecule has 0 aliphatic rings. The highest BCUT2D eigenvalue weighted by Gasteiger charge is 2.47. The third-order valence-corrected chi connectivity index (χ3v) is 3.00. The third-order valence-electron chi connectivity index (χ3n) is 2.88. The van der Waals surface area contributed by atoms with Gasteiger partial charge in [-0.1, -0.05) is 0 Å².